The molecule has 1 aliphatic heterocycles. The van der Waals surface area contributed by atoms with Crippen molar-refractivity contribution in [3.05, 3.63) is 42.1 Å². The van der Waals surface area contributed by atoms with Gasteiger partial charge in [0.25, 0.3) is 0 Å². The van der Waals surface area contributed by atoms with E-state index in [0.717, 1.165) is 27.5 Å². The predicted octanol–water partition coefficient (Wildman–Crippen LogP) is 4.53. The van der Waals surface area contributed by atoms with Crippen LogP contribution in [0.5, 0.6) is 0 Å². The largest absolute Gasteiger partial charge is 0.313 e. The lowest BCUT2D eigenvalue weighted by Crippen LogP contribution is -2.41. The van der Waals surface area contributed by atoms with E-state index in [4.69, 9.17) is 0 Å². The highest BCUT2D eigenvalue weighted by Crippen LogP contribution is 2.34. The maximum atomic E-state index is 12.3. The van der Waals surface area contributed by atoms with Gasteiger partial charge < -0.3 is 4.57 Å². The van der Waals surface area contributed by atoms with E-state index in [1.807, 2.05) is 56.5 Å². The van der Waals surface area contributed by atoms with Crippen LogP contribution in [-0.4, -0.2) is 21.4 Å². The molecular weight excluding hydrogens is 326 g/mol. The average Bonchev–Trinajstić information content (AvgIpc) is 3.01. The first kappa shape index (κ1) is 19.6. The molecule has 0 spiro atoms. The highest BCUT2D eigenvalue weighted by atomic mass is 16.2. The number of aromatic nitrogens is 2. The molecule has 1 aliphatic rings. The Labute approximate surface area is 154 Å². The first-order chi connectivity index (χ1) is 12.7. The van der Waals surface area contributed by atoms with Gasteiger partial charge in [-0.2, -0.15) is 0 Å². The molecule has 2 amide bonds. The standard InChI is InChI=1S/C17H15N3O2.2C2H6/c1-10-4-2-6-12-15(10)11-5-3-9-18-16(11)20(12)13-7-8-14(21)19-17(13)22;2*1-2/h2-6,9,13H,7-8H2,1H3,(H,19,21,22);2*1-2H3. The number of benzene rings is 1. The molecule has 1 N–H and O–H groups in total. The molecule has 0 saturated carbocycles. The van der Waals surface area contributed by atoms with E-state index < -0.39 is 6.04 Å². The molecule has 2 aromatic heterocycles. The summed E-state index contributed by atoms with van der Waals surface area (Å²) in [6, 6.07) is 9.59. The van der Waals surface area contributed by atoms with Gasteiger partial charge in [0.2, 0.25) is 11.8 Å². The number of imide groups is 1. The quantitative estimate of drug-likeness (QED) is 0.654. The fraction of sp³-hybridized carbons (Fsp3) is 0.381. The number of nitrogens with zero attached hydrogens (tertiary/aromatic N) is 2. The Bertz CT molecular complexity index is 928. The minimum absolute atomic E-state index is 0.203. The van der Waals surface area contributed by atoms with Crippen LogP contribution in [0.4, 0.5) is 0 Å². The number of carbonyl (C=O) groups excluding carboxylic acids is 2. The molecule has 3 aromatic rings. The molecule has 5 nitrogen and oxygen atoms in total. The molecule has 1 aromatic carbocycles. The van der Waals surface area contributed by atoms with Gasteiger partial charge in [-0.15, -0.1) is 0 Å². The number of pyridine rings is 1. The average molecular weight is 353 g/mol. The van der Waals surface area contributed by atoms with Crippen molar-refractivity contribution in [3.8, 4) is 0 Å². The zero-order valence-corrected chi connectivity index (χ0v) is 16.2. The molecule has 4 rings (SSSR count). The minimum atomic E-state index is -0.394. The number of rotatable bonds is 1. The Morgan fingerprint density at radius 3 is 2.50 bits per heavy atom. The van der Waals surface area contributed by atoms with Gasteiger partial charge in [-0.1, -0.05) is 39.8 Å². The van der Waals surface area contributed by atoms with Crippen LogP contribution in [0.1, 0.15) is 52.1 Å². The van der Waals surface area contributed by atoms with Crippen molar-refractivity contribution < 1.29 is 9.59 Å². The lowest BCUT2D eigenvalue weighted by molar-refractivity contribution is -0.135. The second kappa shape index (κ2) is 8.61. The third kappa shape index (κ3) is 3.34. The maximum Gasteiger partial charge on any atom is 0.249 e. The fourth-order valence-electron chi connectivity index (χ4n) is 3.35. The lowest BCUT2D eigenvalue weighted by Gasteiger charge is -2.23. The molecule has 1 unspecified atom stereocenters. The molecule has 138 valence electrons. The summed E-state index contributed by atoms with van der Waals surface area (Å²) in [6.45, 7) is 10.1. The van der Waals surface area contributed by atoms with E-state index in [2.05, 4.69) is 23.3 Å². The summed E-state index contributed by atoms with van der Waals surface area (Å²) in [7, 11) is 0. The first-order valence-electron chi connectivity index (χ1n) is 9.35. The Kier molecular flexibility index (Phi) is 6.50. The van der Waals surface area contributed by atoms with Crippen LogP contribution >= 0.6 is 0 Å². The lowest BCUT2D eigenvalue weighted by atomic mass is 10.1. The van der Waals surface area contributed by atoms with Crippen molar-refractivity contribution in [2.24, 2.45) is 0 Å². The van der Waals surface area contributed by atoms with Gasteiger partial charge in [0, 0.05) is 23.4 Å². The molecule has 5 heteroatoms. The van der Waals surface area contributed by atoms with E-state index in [1.54, 1.807) is 6.20 Å². The first-order valence-corrected chi connectivity index (χ1v) is 9.35. The van der Waals surface area contributed by atoms with Gasteiger partial charge >= 0.3 is 0 Å². The van der Waals surface area contributed by atoms with Crippen LogP contribution in [0.3, 0.4) is 0 Å². The molecule has 1 saturated heterocycles. The van der Waals surface area contributed by atoms with Crippen LogP contribution in [0.2, 0.25) is 0 Å². The summed E-state index contributed by atoms with van der Waals surface area (Å²) in [5, 5.41) is 4.60. The van der Waals surface area contributed by atoms with Crippen LogP contribution in [-0.2, 0) is 9.59 Å². The van der Waals surface area contributed by atoms with Gasteiger partial charge in [0.1, 0.15) is 11.7 Å². The number of carbonyl (C=O) groups is 2. The number of piperidine rings is 1. The van der Waals surface area contributed by atoms with Gasteiger partial charge in [-0.3, -0.25) is 14.9 Å². The predicted molar refractivity (Wildman–Crippen MR) is 106 cm³/mol. The van der Waals surface area contributed by atoms with Crippen molar-refractivity contribution in [1.29, 1.82) is 0 Å². The van der Waals surface area contributed by atoms with Gasteiger partial charge in [0.15, 0.2) is 0 Å². The third-order valence-electron chi connectivity index (χ3n) is 4.32. The highest BCUT2D eigenvalue weighted by Gasteiger charge is 2.30. The maximum absolute atomic E-state index is 12.3. The zero-order valence-electron chi connectivity index (χ0n) is 16.2. The summed E-state index contributed by atoms with van der Waals surface area (Å²) in [5.74, 6) is -0.451. The molecule has 0 aliphatic carbocycles. The Hall–Kier alpha value is -2.69. The Balaban J connectivity index is 0.000000570. The van der Waals surface area contributed by atoms with Gasteiger partial charge in [-0.25, -0.2) is 4.98 Å². The number of hydrogen-bond donors (Lipinski definition) is 1. The minimum Gasteiger partial charge on any atom is -0.313 e. The number of aryl methyl sites for hydroxylation is 1. The normalized spacial score (nSPS) is 16.4. The van der Waals surface area contributed by atoms with E-state index in [0.29, 0.717) is 12.8 Å². The number of amides is 2. The van der Waals surface area contributed by atoms with E-state index in [1.165, 1.54) is 0 Å². The summed E-state index contributed by atoms with van der Waals surface area (Å²) >= 11 is 0. The van der Waals surface area contributed by atoms with Crippen molar-refractivity contribution in [2.75, 3.05) is 0 Å². The van der Waals surface area contributed by atoms with Gasteiger partial charge in [-0.05, 0) is 37.1 Å². The third-order valence-corrected chi connectivity index (χ3v) is 4.32. The summed E-state index contributed by atoms with van der Waals surface area (Å²) in [6.07, 6.45) is 2.60. The molecule has 0 bridgehead atoms. The van der Waals surface area contributed by atoms with E-state index in [-0.39, 0.29) is 11.8 Å². The second-order valence-corrected chi connectivity index (χ2v) is 5.68. The molecule has 1 fully saturated rings. The summed E-state index contributed by atoms with van der Waals surface area (Å²) in [5.41, 5.74) is 2.94. The van der Waals surface area contributed by atoms with Crippen molar-refractivity contribution >= 4 is 33.8 Å². The summed E-state index contributed by atoms with van der Waals surface area (Å²) < 4.78 is 1.97. The SMILES string of the molecule is CC.CC.Cc1cccc2c1c1cccnc1n2C1CCC(=O)NC1=O. The topological polar surface area (TPSA) is 64.0 Å². The van der Waals surface area contributed by atoms with Crippen molar-refractivity contribution in [1.82, 2.24) is 14.9 Å². The number of hydrogen-bond acceptors (Lipinski definition) is 3. The second-order valence-electron chi connectivity index (χ2n) is 5.68. The molecule has 3 heterocycles. The Morgan fingerprint density at radius 1 is 1.08 bits per heavy atom. The molecule has 1 atom stereocenters. The van der Waals surface area contributed by atoms with E-state index >= 15 is 0 Å². The number of fused-ring (bicyclic) bond motifs is 3. The van der Waals surface area contributed by atoms with Gasteiger partial charge in [0.05, 0.1) is 5.52 Å². The molecular formula is C21H27N3O2. The Morgan fingerprint density at radius 2 is 1.81 bits per heavy atom. The zero-order chi connectivity index (χ0) is 19.3. The monoisotopic (exact) mass is 353 g/mol. The van der Waals surface area contributed by atoms with Crippen molar-refractivity contribution in [2.45, 2.75) is 53.5 Å². The van der Waals surface area contributed by atoms with Crippen LogP contribution < -0.4 is 5.32 Å². The van der Waals surface area contributed by atoms with Crippen LogP contribution in [0, 0.1) is 6.92 Å². The van der Waals surface area contributed by atoms with Crippen LogP contribution in [0.25, 0.3) is 21.9 Å². The van der Waals surface area contributed by atoms with E-state index in [9.17, 15) is 9.59 Å². The number of nitrogens with one attached hydrogen (secondary N) is 1. The highest BCUT2D eigenvalue weighted by molar-refractivity contribution is 6.10. The van der Waals surface area contributed by atoms with Crippen molar-refractivity contribution in [3.63, 3.8) is 0 Å². The molecule has 0 radical (unpaired) electrons. The summed E-state index contributed by atoms with van der Waals surface area (Å²) in [4.78, 5) is 28.2. The van der Waals surface area contributed by atoms with Crippen LogP contribution in [0.15, 0.2) is 36.5 Å². The smallest absolute Gasteiger partial charge is 0.249 e. The molecule has 26 heavy (non-hydrogen) atoms. The fourth-order valence-corrected chi connectivity index (χ4v) is 3.35.